The SMILES string of the molecule is O=C(Nc1cccc(-n2c(=O)c(Cc3cccnc3)nc3cccnc32)c1)c1cc([N+](=O)[O-])cc([N+](=O)[O-])c1. The van der Waals surface area contributed by atoms with Crippen LogP contribution < -0.4 is 10.9 Å². The van der Waals surface area contributed by atoms with Crippen LogP contribution in [0, 0.1) is 20.2 Å². The van der Waals surface area contributed by atoms with Gasteiger partial charge in [-0.2, -0.15) is 0 Å². The predicted molar refractivity (Wildman–Crippen MR) is 140 cm³/mol. The van der Waals surface area contributed by atoms with E-state index in [2.05, 4.69) is 20.3 Å². The van der Waals surface area contributed by atoms with Gasteiger partial charge in [-0.15, -0.1) is 0 Å². The second-order valence-corrected chi connectivity index (χ2v) is 8.34. The van der Waals surface area contributed by atoms with Gasteiger partial charge in [0.15, 0.2) is 5.65 Å². The van der Waals surface area contributed by atoms with Gasteiger partial charge in [-0.25, -0.2) is 9.97 Å². The molecule has 0 fully saturated rings. The molecule has 5 rings (SSSR count). The van der Waals surface area contributed by atoms with E-state index in [-0.39, 0.29) is 23.4 Å². The molecule has 0 radical (unpaired) electrons. The topological polar surface area (TPSA) is 176 Å². The van der Waals surface area contributed by atoms with Crippen LogP contribution in [-0.4, -0.2) is 35.3 Å². The summed E-state index contributed by atoms with van der Waals surface area (Å²) in [5.74, 6) is -0.804. The molecule has 0 aliphatic rings. The number of nitro benzene ring substituents is 2. The van der Waals surface area contributed by atoms with Gasteiger partial charge in [0.2, 0.25) is 0 Å². The average molecular weight is 523 g/mol. The van der Waals surface area contributed by atoms with Gasteiger partial charge in [0.05, 0.1) is 27.2 Å². The maximum atomic E-state index is 13.6. The summed E-state index contributed by atoms with van der Waals surface area (Å²) < 4.78 is 1.38. The van der Waals surface area contributed by atoms with Crippen LogP contribution in [0.2, 0.25) is 0 Å². The number of amides is 1. The minimum absolute atomic E-state index is 0.236. The fourth-order valence-electron chi connectivity index (χ4n) is 3.98. The van der Waals surface area contributed by atoms with Crippen molar-refractivity contribution in [3.8, 4) is 5.69 Å². The highest BCUT2D eigenvalue weighted by molar-refractivity contribution is 6.05. The Morgan fingerprint density at radius 3 is 2.36 bits per heavy atom. The Morgan fingerprint density at radius 1 is 0.923 bits per heavy atom. The lowest BCUT2D eigenvalue weighted by atomic mass is 10.1. The third-order valence-corrected chi connectivity index (χ3v) is 5.73. The molecule has 3 heterocycles. The number of non-ortho nitro benzene ring substituents is 2. The maximum Gasteiger partial charge on any atom is 0.278 e. The third kappa shape index (κ3) is 5.17. The summed E-state index contributed by atoms with van der Waals surface area (Å²) in [7, 11) is 0. The van der Waals surface area contributed by atoms with E-state index in [1.54, 1.807) is 48.8 Å². The molecule has 0 atom stereocenters. The number of carbonyl (C=O) groups is 1. The van der Waals surface area contributed by atoms with Crippen LogP contribution in [0.1, 0.15) is 21.6 Å². The number of carbonyl (C=O) groups excluding carboxylic acids is 1. The Balaban J connectivity index is 1.54. The van der Waals surface area contributed by atoms with E-state index < -0.39 is 32.7 Å². The molecule has 0 aliphatic heterocycles. The van der Waals surface area contributed by atoms with Gasteiger partial charge in [0.1, 0.15) is 11.2 Å². The van der Waals surface area contributed by atoms with Crippen molar-refractivity contribution < 1.29 is 14.6 Å². The molecule has 1 N–H and O–H groups in total. The summed E-state index contributed by atoms with van der Waals surface area (Å²) in [5.41, 5.74) is 0.594. The van der Waals surface area contributed by atoms with Crippen LogP contribution in [0.5, 0.6) is 0 Å². The Kier molecular flexibility index (Phi) is 6.53. The first-order valence-electron chi connectivity index (χ1n) is 11.4. The number of aromatic nitrogens is 4. The molecule has 1 amide bonds. The van der Waals surface area contributed by atoms with Crippen LogP contribution in [0.15, 0.2) is 90.1 Å². The molecule has 0 bridgehead atoms. The lowest BCUT2D eigenvalue weighted by Gasteiger charge is -2.13. The number of nitrogens with zero attached hydrogens (tertiary/aromatic N) is 6. The number of hydrogen-bond acceptors (Lipinski definition) is 9. The van der Waals surface area contributed by atoms with Gasteiger partial charge >= 0.3 is 0 Å². The number of benzene rings is 2. The number of hydrogen-bond donors (Lipinski definition) is 1. The van der Waals surface area contributed by atoms with Crippen molar-refractivity contribution in [1.82, 2.24) is 19.5 Å². The number of anilines is 1. The molecule has 5 aromatic rings. The van der Waals surface area contributed by atoms with Crippen molar-refractivity contribution in [2.24, 2.45) is 0 Å². The molecular formula is C26H17N7O6. The van der Waals surface area contributed by atoms with Crippen molar-refractivity contribution in [2.45, 2.75) is 6.42 Å². The summed E-state index contributed by atoms with van der Waals surface area (Å²) in [6.07, 6.45) is 5.04. The molecule has 39 heavy (non-hydrogen) atoms. The Bertz CT molecular complexity index is 1790. The van der Waals surface area contributed by atoms with Crippen molar-refractivity contribution in [3.63, 3.8) is 0 Å². The van der Waals surface area contributed by atoms with Crippen molar-refractivity contribution in [3.05, 3.63) is 133 Å². The van der Waals surface area contributed by atoms with E-state index in [0.29, 0.717) is 16.9 Å². The minimum Gasteiger partial charge on any atom is -0.322 e. The lowest BCUT2D eigenvalue weighted by molar-refractivity contribution is -0.394. The monoisotopic (exact) mass is 523 g/mol. The number of fused-ring (bicyclic) bond motifs is 1. The molecule has 0 spiro atoms. The quantitative estimate of drug-likeness (QED) is 0.245. The van der Waals surface area contributed by atoms with Gasteiger partial charge in [0, 0.05) is 42.8 Å². The predicted octanol–water partition coefficient (Wildman–Crippen LogP) is 3.84. The van der Waals surface area contributed by atoms with Gasteiger partial charge in [-0.3, -0.25) is 39.4 Å². The highest BCUT2D eigenvalue weighted by atomic mass is 16.6. The number of nitro groups is 2. The summed E-state index contributed by atoms with van der Waals surface area (Å²) in [4.78, 5) is 60.1. The second-order valence-electron chi connectivity index (χ2n) is 8.34. The average Bonchev–Trinajstić information content (AvgIpc) is 2.94. The van der Waals surface area contributed by atoms with Crippen molar-refractivity contribution in [1.29, 1.82) is 0 Å². The first-order chi connectivity index (χ1) is 18.8. The fraction of sp³-hybridized carbons (Fsp3) is 0.0385. The summed E-state index contributed by atoms with van der Waals surface area (Å²) in [6.45, 7) is 0. The number of rotatable bonds is 7. The molecular weight excluding hydrogens is 506 g/mol. The largest absolute Gasteiger partial charge is 0.322 e. The van der Waals surface area contributed by atoms with E-state index >= 15 is 0 Å². The summed E-state index contributed by atoms with van der Waals surface area (Å²) in [6, 6.07) is 16.0. The zero-order chi connectivity index (χ0) is 27.5. The van der Waals surface area contributed by atoms with E-state index in [1.807, 2.05) is 6.07 Å². The van der Waals surface area contributed by atoms with Crippen LogP contribution in [0.4, 0.5) is 17.1 Å². The van der Waals surface area contributed by atoms with Crippen LogP contribution in [0.3, 0.4) is 0 Å². The van der Waals surface area contributed by atoms with Gasteiger partial charge in [-0.1, -0.05) is 12.1 Å². The van der Waals surface area contributed by atoms with E-state index in [4.69, 9.17) is 0 Å². The summed E-state index contributed by atoms with van der Waals surface area (Å²) in [5, 5.41) is 25.0. The highest BCUT2D eigenvalue weighted by Gasteiger charge is 2.20. The molecule has 0 unspecified atom stereocenters. The smallest absolute Gasteiger partial charge is 0.278 e. The van der Waals surface area contributed by atoms with Crippen LogP contribution in [0.25, 0.3) is 16.9 Å². The molecule has 0 aliphatic carbocycles. The van der Waals surface area contributed by atoms with E-state index in [0.717, 1.165) is 23.8 Å². The zero-order valence-electron chi connectivity index (χ0n) is 19.9. The summed E-state index contributed by atoms with van der Waals surface area (Å²) >= 11 is 0. The normalized spacial score (nSPS) is 10.8. The van der Waals surface area contributed by atoms with Gasteiger partial charge in [0.25, 0.3) is 22.8 Å². The third-order valence-electron chi connectivity index (χ3n) is 5.73. The second kappa shape index (κ2) is 10.3. The standard InChI is InChI=1S/C26H17N7O6/c34-25(17-11-20(32(36)37)14-21(12-17)33(38)39)29-18-5-1-6-19(13-18)31-24-22(7-3-9-28-24)30-23(26(31)35)10-16-4-2-8-27-15-16/h1-9,11-15H,10H2,(H,29,34). The van der Waals surface area contributed by atoms with Gasteiger partial charge < -0.3 is 5.32 Å². The minimum atomic E-state index is -0.818. The molecule has 13 heteroatoms. The molecule has 2 aromatic carbocycles. The number of nitrogens with one attached hydrogen (secondary N) is 1. The Hall–Kier alpha value is -5.85. The molecule has 3 aromatic heterocycles. The van der Waals surface area contributed by atoms with E-state index in [1.165, 1.54) is 16.8 Å². The first kappa shape index (κ1) is 24.8. The lowest BCUT2D eigenvalue weighted by Crippen LogP contribution is -2.25. The highest BCUT2D eigenvalue weighted by Crippen LogP contribution is 2.24. The van der Waals surface area contributed by atoms with Crippen molar-refractivity contribution >= 4 is 34.1 Å². The maximum absolute atomic E-state index is 13.6. The molecule has 0 saturated carbocycles. The van der Waals surface area contributed by atoms with Crippen molar-refractivity contribution in [2.75, 3.05) is 5.32 Å². The molecule has 192 valence electrons. The van der Waals surface area contributed by atoms with Crippen LogP contribution >= 0.6 is 0 Å². The molecule has 0 saturated heterocycles. The van der Waals surface area contributed by atoms with Crippen LogP contribution in [-0.2, 0) is 6.42 Å². The van der Waals surface area contributed by atoms with Gasteiger partial charge in [-0.05, 0) is 42.0 Å². The fourth-order valence-corrected chi connectivity index (χ4v) is 3.98. The van der Waals surface area contributed by atoms with E-state index in [9.17, 15) is 29.8 Å². The zero-order valence-corrected chi connectivity index (χ0v) is 19.9. The Labute approximate surface area is 218 Å². The Morgan fingerprint density at radius 2 is 1.67 bits per heavy atom. The first-order valence-corrected chi connectivity index (χ1v) is 11.4. The molecule has 13 nitrogen and oxygen atoms in total. The number of pyridine rings is 2.